The van der Waals surface area contributed by atoms with Gasteiger partial charge < -0.3 is 10.1 Å². The average Bonchev–Trinajstić information content (AvgIpc) is 3.32. The Morgan fingerprint density at radius 1 is 1.48 bits per heavy atom. The predicted molar refractivity (Wildman–Crippen MR) is 87.1 cm³/mol. The van der Waals surface area contributed by atoms with E-state index in [4.69, 9.17) is 0 Å². The zero-order valence-electron chi connectivity index (χ0n) is 12.5. The van der Waals surface area contributed by atoms with Crippen LogP contribution in [-0.4, -0.2) is 29.1 Å². The van der Waals surface area contributed by atoms with Crippen molar-refractivity contribution in [2.45, 2.75) is 24.2 Å². The predicted octanol–water partition coefficient (Wildman–Crippen LogP) is 4.02. The second-order valence-electron chi connectivity index (χ2n) is 5.46. The molecular formula is C16H15F2N3OS. The Kier molecular flexibility index (Phi) is 4.26. The van der Waals surface area contributed by atoms with Crippen LogP contribution in [0.25, 0.3) is 10.9 Å². The summed E-state index contributed by atoms with van der Waals surface area (Å²) in [5.41, 5.74) is 1.64. The third kappa shape index (κ3) is 3.32. The number of rotatable bonds is 6. The van der Waals surface area contributed by atoms with Gasteiger partial charge in [-0.15, -0.1) is 0 Å². The maximum Gasteiger partial charge on any atom is 0.387 e. The third-order valence-corrected chi connectivity index (χ3v) is 5.43. The number of anilines is 1. The zero-order valence-corrected chi connectivity index (χ0v) is 13.3. The van der Waals surface area contributed by atoms with E-state index >= 15 is 0 Å². The molecule has 1 saturated carbocycles. The van der Waals surface area contributed by atoms with Gasteiger partial charge in [-0.3, -0.25) is 4.98 Å². The Labute approximate surface area is 136 Å². The largest absolute Gasteiger partial charge is 0.435 e. The lowest BCUT2D eigenvalue weighted by Crippen LogP contribution is -2.18. The second kappa shape index (κ2) is 6.20. The fraction of sp³-hybridized carbons (Fsp3) is 0.375. The molecule has 0 saturated heterocycles. The van der Waals surface area contributed by atoms with Crippen molar-refractivity contribution in [3.8, 4) is 11.8 Å². The number of hydrogen-bond donors (Lipinski definition) is 1. The lowest BCUT2D eigenvalue weighted by Gasteiger charge is -2.17. The number of nitriles is 1. The number of halogens is 2. The van der Waals surface area contributed by atoms with E-state index in [1.807, 2.05) is 0 Å². The first-order valence-corrected chi connectivity index (χ1v) is 8.36. The number of nitrogens with one attached hydrogen (secondary N) is 1. The molecule has 120 valence electrons. The van der Waals surface area contributed by atoms with Crippen LogP contribution in [0, 0.1) is 11.3 Å². The van der Waals surface area contributed by atoms with Gasteiger partial charge in [-0.2, -0.15) is 25.8 Å². The smallest absolute Gasteiger partial charge is 0.387 e. The summed E-state index contributed by atoms with van der Waals surface area (Å²) in [6.45, 7) is -2.16. The number of thioether (sulfide) groups is 1. The first-order valence-electron chi connectivity index (χ1n) is 7.13. The van der Waals surface area contributed by atoms with Crippen LogP contribution < -0.4 is 10.1 Å². The molecule has 1 fully saturated rings. The van der Waals surface area contributed by atoms with E-state index in [9.17, 15) is 14.0 Å². The minimum atomic E-state index is -2.89. The van der Waals surface area contributed by atoms with Crippen LogP contribution in [0.4, 0.5) is 14.5 Å². The summed E-state index contributed by atoms with van der Waals surface area (Å²) in [4.78, 5) is 4.20. The molecule has 0 aliphatic heterocycles. The lowest BCUT2D eigenvalue weighted by molar-refractivity contribution is -0.0497. The van der Waals surface area contributed by atoms with E-state index in [0.717, 1.165) is 19.4 Å². The summed E-state index contributed by atoms with van der Waals surface area (Å²) >= 11 is 1.80. The Morgan fingerprint density at radius 3 is 2.87 bits per heavy atom. The molecule has 2 aromatic rings. The monoisotopic (exact) mass is 335 g/mol. The molecule has 0 amide bonds. The summed E-state index contributed by atoms with van der Waals surface area (Å²) in [5, 5.41) is 13.2. The number of ether oxygens (including phenoxy) is 1. The molecule has 1 N–H and O–H groups in total. The lowest BCUT2D eigenvalue weighted by atomic mass is 10.1. The Bertz CT molecular complexity index is 772. The van der Waals surface area contributed by atoms with Crippen molar-refractivity contribution in [2.24, 2.45) is 0 Å². The maximum absolute atomic E-state index is 12.4. The molecule has 7 heteroatoms. The highest BCUT2D eigenvalue weighted by atomic mass is 32.2. The highest BCUT2D eigenvalue weighted by molar-refractivity contribution is 8.00. The molecule has 0 unspecified atom stereocenters. The van der Waals surface area contributed by atoms with Crippen LogP contribution >= 0.6 is 11.8 Å². The average molecular weight is 335 g/mol. The van der Waals surface area contributed by atoms with Gasteiger partial charge in [-0.1, -0.05) is 0 Å². The second-order valence-corrected chi connectivity index (χ2v) is 6.73. The van der Waals surface area contributed by atoms with Crippen LogP contribution in [0.1, 0.15) is 18.4 Å². The van der Waals surface area contributed by atoms with Crippen molar-refractivity contribution < 1.29 is 13.5 Å². The highest BCUT2D eigenvalue weighted by Gasteiger charge is 2.41. The van der Waals surface area contributed by atoms with Crippen molar-refractivity contribution in [1.82, 2.24) is 4.98 Å². The van der Waals surface area contributed by atoms with Crippen LogP contribution in [-0.2, 0) is 0 Å². The van der Waals surface area contributed by atoms with Crippen molar-refractivity contribution in [1.29, 1.82) is 5.26 Å². The van der Waals surface area contributed by atoms with E-state index in [1.54, 1.807) is 17.8 Å². The Morgan fingerprint density at radius 2 is 2.26 bits per heavy atom. The van der Waals surface area contributed by atoms with Gasteiger partial charge in [0.05, 0.1) is 16.8 Å². The number of alkyl halides is 2. The van der Waals surface area contributed by atoms with Gasteiger partial charge in [0, 0.05) is 22.9 Å². The highest BCUT2D eigenvalue weighted by Crippen LogP contribution is 2.47. The molecule has 0 spiro atoms. The topological polar surface area (TPSA) is 57.9 Å². The fourth-order valence-corrected chi connectivity index (χ4v) is 3.19. The van der Waals surface area contributed by atoms with Gasteiger partial charge in [-0.05, 0) is 37.3 Å². The summed E-state index contributed by atoms with van der Waals surface area (Å²) in [6, 6.07) is 6.66. The molecule has 0 bridgehead atoms. The number of pyridine rings is 1. The number of nitrogens with zero attached hydrogens (tertiary/aromatic N) is 2. The van der Waals surface area contributed by atoms with Gasteiger partial charge in [0.15, 0.2) is 0 Å². The first-order chi connectivity index (χ1) is 11.1. The SMILES string of the molecule is CSC1(CNc2c(C#N)cnc3ccc(OC(F)F)cc23)CC1. The Hall–Kier alpha value is -2.07. The molecule has 0 atom stereocenters. The zero-order chi connectivity index (χ0) is 16.4. The molecular weight excluding hydrogens is 320 g/mol. The number of hydrogen-bond acceptors (Lipinski definition) is 5. The standard InChI is InChI=1S/C16H15F2N3OS/c1-23-16(4-5-16)9-21-14-10(7-19)8-20-13-3-2-11(6-12(13)14)22-15(17)18/h2-3,6,8,15H,4-5,9H2,1H3,(H,20,21). The molecule has 4 nitrogen and oxygen atoms in total. The van der Waals surface area contributed by atoms with E-state index in [1.165, 1.54) is 18.3 Å². The number of fused-ring (bicyclic) bond motifs is 1. The molecule has 1 aromatic heterocycles. The molecule has 0 radical (unpaired) electrons. The molecule has 1 aliphatic carbocycles. The van der Waals surface area contributed by atoms with Crippen LogP contribution in [0.2, 0.25) is 0 Å². The van der Waals surface area contributed by atoms with Crippen molar-refractivity contribution in [3.63, 3.8) is 0 Å². The number of benzene rings is 1. The van der Waals surface area contributed by atoms with Crippen molar-refractivity contribution in [2.75, 3.05) is 18.1 Å². The van der Waals surface area contributed by atoms with Crippen LogP contribution in [0.5, 0.6) is 5.75 Å². The quantitative estimate of drug-likeness (QED) is 0.864. The minimum Gasteiger partial charge on any atom is -0.435 e. The molecule has 1 aromatic carbocycles. The first kappa shape index (κ1) is 15.8. The Balaban J connectivity index is 1.99. The third-order valence-electron chi connectivity index (χ3n) is 4.01. The molecule has 1 aliphatic rings. The normalized spacial score (nSPS) is 15.4. The summed E-state index contributed by atoms with van der Waals surface area (Å²) in [7, 11) is 0. The van der Waals surface area contributed by atoms with Gasteiger partial charge in [0.2, 0.25) is 0 Å². The van der Waals surface area contributed by atoms with E-state index in [-0.39, 0.29) is 10.5 Å². The fourth-order valence-electron chi connectivity index (χ4n) is 2.47. The summed E-state index contributed by atoms with van der Waals surface area (Å²) < 4.78 is 29.5. The van der Waals surface area contributed by atoms with Crippen molar-refractivity contribution in [3.05, 3.63) is 30.0 Å². The minimum absolute atomic E-state index is 0.0541. The van der Waals surface area contributed by atoms with Crippen LogP contribution in [0.15, 0.2) is 24.4 Å². The molecule has 1 heterocycles. The van der Waals surface area contributed by atoms with Gasteiger partial charge in [-0.25, -0.2) is 0 Å². The van der Waals surface area contributed by atoms with Gasteiger partial charge in [0.25, 0.3) is 0 Å². The van der Waals surface area contributed by atoms with E-state index < -0.39 is 6.61 Å². The van der Waals surface area contributed by atoms with Gasteiger partial charge in [0.1, 0.15) is 11.8 Å². The van der Waals surface area contributed by atoms with E-state index in [0.29, 0.717) is 22.2 Å². The molecule has 23 heavy (non-hydrogen) atoms. The summed E-state index contributed by atoms with van der Waals surface area (Å²) in [5.74, 6) is 0.0541. The van der Waals surface area contributed by atoms with Crippen LogP contribution in [0.3, 0.4) is 0 Å². The van der Waals surface area contributed by atoms with Crippen molar-refractivity contribution >= 4 is 28.4 Å². The van der Waals surface area contributed by atoms with Gasteiger partial charge >= 0.3 is 6.61 Å². The summed E-state index contributed by atoms with van der Waals surface area (Å²) in [6.07, 6.45) is 5.83. The number of aromatic nitrogens is 1. The molecule has 3 rings (SSSR count). The maximum atomic E-state index is 12.4. The van der Waals surface area contributed by atoms with E-state index in [2.05, 4.69) is 27.4 Å².